The van der Waals surface area contributed by atoms with Gasteiger partial charge in [0.05, 0.1) is 21.1 Å². The number of ether oxygens (including phenoxy) is 1. The van der Waals surface area contributed by atoms with E-state index in [9.17, 15) is 22.0 Å². The van der Waals surface area contributed by atoms with E-state index in [0.717, 1.165) is 6.20 Å². The lowest BCUT2D eigenvalue weighted by Crippen LogP contribution is -2.29. The van der Waals surface area contributed by atoms with Crippen molar-refractivity contribution in [2.45, 2.75) is 12.6 Å². The second-order valence-corrected chi connectivity index (χ2v) is 3.85. The Kier molecular flexibility index (Phi) is 4.51. The number of alkyl halides is 5. The lowest BCUT2D eigenvalue weighted by atomic mass is 10.5. The predicted octanol–water partition coefficient (Wildman–Crippen LogP) is 2.38. The monoisotopic (exact) mass is 234 g/mol. The van der Waals surface area contributed by atoms with E-state index >= 15 is 0 Å². The maximum atomic E-state index is 12.2. The zero-order valence-electron chi connectivity index (χ0n) is 8.61. The van der Waals surface area contributed by atoms with Crippen molar-refractivity contribution in [3.63, 3.8) is 0 Å². The number of hydrogen-bond acceptors (Lipinski definition) is 1. The van der Waals surface area contributed by atoms with Gasteiger partial charge < -0.3 is 9.22 Å². The van der Waals surface area contributed by atoms with E-state index in [0.29, 0.717) is 0 Å². The number of allylic oxidation sites excluding steroid dienone is 1. The third-order valence-electron chi connectivity index (χ3n) is 1.13. The second-order valence-electron chi connectivity index (χ2n) is 3.85. The highest BCUT2D eigenvalue weighted by atomic mass is 19.4. The first-order valence-electron chi connectivity index (χ1n) is 4.03. The Balaban J connectivity index is 4.51. The molecule has 90 valence electrons. The zero-order valence-corrected chi connectivity index (χ0v) is 8.61. The van der Waals surface area contributed by atoms with E-state index in [1.54, 1.807) is 0 Å². The molecule has 2 nitrogen and oxygen atoms in total. The van der Waals surface area contributed by atoms with Gasteiger partial charge in [-0.3, -0.25) is 0 Å². The van der Waals surface area contributed by atoms with Crippen molar-refractivity contribution < 1.29 is 31.2 Å². The van der Waals surface area contributed by atoms with Crippen molar-refractivity contribution in [3.8, 4) is 0 Å². The summed E-state index contributed by atoms with van der Waals surface area (Å²) in [6.07, 6.45) is -6.74. The summed E-state index contributed by atoms with van der Waals surface area (Å²) in [5.74, 6) is -0.958. The maximum absolute atomic E-state index is 12.2. The molecule has 0 radical (unpaired) electrons. The number of halogens is 5. The Morgan fingerprint density at radius 3 is 2.00 bits per heavy atom. The molecule has 0 spiro atoms. The quantitative estimate of drug-likeness (QED) is 0.412. The molecule has 0 aliphatic rings. The summed E-state index contributed by atoms with van der Waals surface area (Å²) in [6, 6.07) is 0. The number of nitrogens with zero attached hydrogens (tertiary/aromatic N) is 1. The smallest absolute Gasteiger partial charge is 0.422 e. The molecule has 0 N–H and O–H groups in total. The zero-order chi connectivity index (χ0) is 12.3. The lowest BCUT2D eigenvalue weighted by molar-refractivity contribution is -0.818. The summed E-state index contributed by atoms with van der Waals surface area (Å²) < 4.78 is 63.6. The van der Waals surface area contributed by atoms with Gasteiger partial charge in [0.1, 0.15) is 6.20 Å². The van der Waals surface area contributed by atoms with Crippen LogP contribution in [-0.4, -0.2) is 44.8 Å². The first-order chi connectivity index (χ1) is 6.51. The minimum Gasteiger partial charge on any atom is -0.478 e. The Morgan fingerprint density at radius 2 is 1.73 bits per heavy atom. The maximum Gasteiger partial charge on any atom is 0.422 e. The topological polar surface area (TPSA) is 9.23 Å². The SMILES string of the molecule is C[N+](C)(C)/C=C(/OCC(F)(F)F)C(F)F. The number of hydrogen-bond donors (Lipinski definition) is 0. The minimum atomic E-state index is -4.61. The van der Waals surface area contributed by atoms with Crippen molar-refractivity contribution in [1.82, 2.24) is 0 Å². The van der Waals surface area contributed by atoms with Gasteiger partial charge in [-0.15, -0.1) is 0 Å². The lowest BCUT2D eigenvalue weighted by Gasteiger charge is -2.20. The molecule has 0 saturated heterocycles. The van der Waals surface area contributed by atoms with Crippen LogP contribution in [0.15, 0.2) is 12.0 Å². The van der Waals surface area contributed by atoms with E-state index in [-0.39, 0.29) is 4.48 Å². The van der Waals surface area contributed by atoms with E-state index in [1.807, 2.05) is 0 Å². The van der Waals surface area contributed by atoms with Crippen LogP contribution >= 0.6 is 0 Å². The summed E-state index contributed by atoms with van der Waals surface area (Å²) in [6.45, 7) is -1.71. The molecule has 0 aromatic carbocycles. The van der Waals surface area contributed by atoms with Gasteiger partial charge in [0.2, 0.25) is 5.76 Å². The van der Waals surface area contributed by atoms with E-state index in [1.165, 1.54) is 21.1 Å². The molecular formula is C8H13F5NO+. The molecule has 0 unspecified atom stereocenters. The van der Waals surface area contributed by atoms with Crippen LogP contribution in [0.25, 0.3) is 0 Å². The Labute approximate surface area is 84.5 Å². The fourth-order valence-corrected chi connectivity index (χ4v) is 0.703. The van der Waals surface area contributed by atoms with E-state index in [4.69, 9.17) is 0 Å². The van der Waals surface area contributed by atoms with Crippen LogP contribution < -0.4 is 0 Å². The van der Waals surface area contributed by atoms with Crippen molar-refractivity contribution in [2.24, 2.45) is 0 Å². The van der Waals surface area contributed by atoms with Gasteiger partial charge in [-0.05, 0) is 0 Å². The van der Waals surface area contributed by atoms with Gasteiger partial charge in [-0.1, -0.05) is 0 Å². The van der Waals surface area contributed by atoms with Crippen LogP contribution in [0, 0.1) is 0 Å². The molecule has 0 bridgehead atoms. The molecule has 0 amide bonds. The van der Waals surface area contributed by atoms with Gasteiger partial charge in [-0.2, -0.15) is 13.2 Å². The second kappa shape index (κ2) is 4.78. The van der Waals surface area contributed by atoms with Crippen LogP contribution in [0.1, 0.15) is 0 Å². The third kappa shape index (κ3) is 8.17. The molecule has 0 aromatic heterocycles. The average Bonchev–Trinajstić information content (AvgIpc) is 1.93. The van der Waals surface area contributed by atoms with Crippen LogP contribution in [0.3, 0.4) is 0 Å². The van der Waals surface area contributed by atoms with Crippen LogP contribution in [0.2, 0.25) is 0 Å². The highest BCUT2D eigenvalue weighted by Gasteiger charge is 2.31. The van der Waals surface area contributed by atoms with Crippen molar-refractivity contribution in [1.29, 1.82) is 0 Å². The van der Waals surface area contributed by atoms with Gasteiger partial charge in [-0.25, -0.2) is 8.78 Å². The first-order valence-corrected chi connectivity index (χ1v) is 4.03. The standard InChI is InChI=1S/C8H13F5NO/c1-14(2,3)4-6(7(9)10)15-5-8(11,12)13/h4,7H,5H2,1-3H3/q+1/b6-4+. The average molecular weight is 234 g/mol. The van der Waals surface area contributed by atoms with E-state index in [2.05, 4.69) is 4.74 Å². The fraction of sp³-hybridized carbons (Fsp3) is 0.750. The van der Waals surface area contributed by atoms with Gasteiger partial charge >= 0.3 is 6.18 Å². The normalized spacial score (nSPS) is 14.6. The summed E-state index contributed by atoms with van der Waals surface area (Å²) >= 11 is 0. The summed E-state index contributed by atoms with van der Waals surface area (Å²) in [5, 5.41) is 0. The minimum absolute atomic E-state index is 0.0441. The van der Waals surface area contributed by atoms with Crippen LogP contribution in [0.5, 0.6) is 0 Å². The number of rotatable bonds is 4. The largest absolute Gasteiger partial charge is 0.478 e. The predicted molar refractivity (Wildman–Crippen MR) is 44.1 cm³/mol. The molecular weight excluding hydrogens is 221 g/mol. The molecule has 0 aromatic rings. The Bertz CT molecular complexity index is 228. The molecule has 0 saturated carbocycles. The molecule has 0 atom stereocenters. The molecule has 0 aliphatic carbocycles. The molecule has 0 heterocycles. The molecule has 0 aliphatic heterocycles. The summed E-state index contributed by atoms with van der Waals surface area (Å²) in [4.78, 5) is 0. The molecule has 15 heavy (non-hydrogen) atoms. The number of quaternary nitrogens is 1. The summed E-state index contributed by atoms with van der Waals surface area (Å²) in [5.41, 5.74) is 0. The van der Waals surface area contributed by atoms with Gasteiger partial charge in [0, 0.05) is 0 Å². The fourth-order valence-electron chi connectivity index (χ4n) is 0.703. The van der Waals surface area contributed by atoms with Crippen LogP contribution in [-0.2, 0) is 4.74 Å². The van der Waals surface area contributed by atoms with Gasteiger partial charge in [0.15, 0.2) is 6.61 Å². The molecule has 0 fully saturated rings. The highest BCUT2D eigenvalue weighted by molar-refractivity contribution is 4.91. The van der Waals surface area contributed by atoms with E-state index < -0.39 is 25.0 Å². The Morgan fingerprint density at radius 1 is 1.27 bits per heavy atom. The van der Waals surface area contributed by atoms with Crippen molar-refractivity contribution in [2.75, 3.05) is 27.7 Å². The van der Waals surface area contributed by atoms with Gasteiger partial charge in [0.25, 0.3) is 6.43 Å². The molecule has 7 heteroatoms. The third-order valence-corrected chi connectivity index (χ3v) is 1.13. The van der Waals surface area contributed by atoms with Crippen molar-refractivity contribution in [3.05, 3.63) is 12.0 Å². The Hall–Kier alpha value is -0.850. The molecule has 0 rings (SSSR count). The van der Waals surface area contributed by atoms with Crippen molar-refractivity contribution >= 4 is 0 Å². The van der Waals surface area contributed by atoms with Crippen LogP contribution in [0.4, 0.5) is 22.0 Å². The summed E-state index contributed by atoms with van der Waals surface area (Å²) in [7, 11) is 4.58. The highest BCUT2D eigenvalue weighted by Crippen LogP contribution is 2.20. The first kappa shape index (κ1) is 14.2.